The van der Waals surface area contributed by atoms with Crippen molar-refractivity contribution in [1.82, 2.24) is 14.9 Å². The second-order valence-corrected chi connectivity index (χ2v) is 6.94. The number of hydrogen-bond donors (Lipinski definition) is 1. The number of allylic oxidation sites excluding steroid dienone is 4. The van der Waals surface area contributed by atoms with Crippen LogP contribution in [0.2, 0.25) is 0 Å². The molecule has 6 nitrogen and oxygen atoms in total. The van der Waals surface area contributed by atoms with Gasteiger partial charge in [0.2, 0.25) is 6.41 Å². The Labute approximate surface area is 175 Å². The van der Waals surface area contributed by atoms with Gasteiger partial charge >= 0.3 is 0 Å². The molecule has 0 atom stereocenters. The quantitative estimate of drug-likeness (QED) is 0.428. The number of hydrogen-bond acceptors (Lipinski definition) is 5. The molecular formula is C23H34N4O2. The number of nitrogens with one attached hydrogen (secondary N) is 1. The number of methoxy groups -OCH3 is 1. The molecule has 1 N–H and O–H groups in total. The smallest absolute Gasteiger partial charge is 0.257 e. The van der Waals surface area contributed by atoms with Crippen LogP contribution in [0.4, 0.5) is 5.82 Å². The summed E-state index contributed by atoms with van der Waals surface area (Å²) in [6.07, 6.45) is 23.6. The summed E-state index contributed by atoms with van der Waals surface area (Å²) in [7, 11) is 1.58. The Kier molecular flexibility index (Phi) is 11.9. The molecule has 1 aromatic rings. The van der Waals surface area contributed by atoms with Crippen LogP contribution in [0.15, 0.2) is 36.2 Å². The lowest BCUT2D eigenvalue weighted by molar-refractivity contribution is -0.119. The van der Waals surface area contributed by atoms with Crippen LogP contribution < -0.4 is 10.1 Å². The zero-order chi connectivity index (χ0) is 21.5. The first-order valence-corrected chi connectivity index (χ1v) is 10.1. The van der Waals surface area contributed by atoms with E-state index in [9.17, 15) is 4.79 Å². The highest BCUT2D eigenvalue weighted by Gasteiger charge is 2.23. The SMILES string of the molecule is C#C.C/C=C\C(=C/C)C1CC1.COc1nccnc1NCC1CCN(C=O)CC1. The number of likely N-dealkylation sites (tertiary alicyclic amines) is 1. The van der Waals surface area contributed by atoms with E-state index in [1.54, 1.807) is 19.5 Å². The van der Waals surface area contributed by atoms with E-state index in [1.165, 1.54) is 18.4 Å². The molecule has 6 heteroatoms. The fourth-order valence-corrected chi connectivity index (χ4v) is 3.18. The highest BCUT2D eigenvalue weighted by atomic mass is 16.5. The molecule has 2 aliphatic rings. The molecule has 0 spiro atoms. The molecule has 0 bridgehead atoms. The summed E-state index contributed by atoms with van der Waals surface area (Å²) in [6, 6.07) is 0. The van der Waals surface area contributed by atoms with Crippen LogP contribution in [-0.2, 0) is 4.79 Å². The highest BCUT2D eigenvalue weighted by molar-refractivity contribution is 5.47. The van der Waals surface area contributed by atoms with E-state index >= 15 is 0 Å². The maximum atomic E-state index is 10.6. The largest absolute Gasteiger partial charge is 0.478 e. The Morgan fingerprint density at radius 2 is 1.86 bits per heavy atom. The Hall–Kier alpha value is -2.81. The topological polar surface area (TPSA) is 67.4 Å². The second-order valence-electron chi connectivity index (χ2n) is 6.94. The number of piperidine rings is 1. The Morgan fingerprint density at radius 1 is 1.21 bits per heavy atom. The third kappa shape index (κ3) is 8.82. The number of carbonyl (C=O) groups is 1. The molecule has 158 valence electrons. The minimum absolute atomic E-state index is 0.517. The lowest BCUT2D eigenvalue weighted by Gasteiger charge is -2.29. The average molecular weight is 399 g/mol. The molecule has 0 unspecified atom stereocenters. The van der Waals surface area contributed by atoms with Gasteiger partial charge in [0.1, 0.15) is 0 Å². The van der Waals surface area contributed by atoms with Crippen molar-refractivity contribution < 1.29 is 9.53 Å². The van der Waals surface area contributed by atoms with Gasteiger partial charge in [0, 0.05) is 32.0 Å². The minimum Gasteiger partial charge on any atom is -0.478 e. The number of terminal acetylenes is 1. The van der Waals surface area contributed by atoms with Gasteiger partial charge in [-0.3, -0.25) is 4.79 Å². The molecule has 1 saturated heterocycles. The van der Waals surface area contributed by atoms with Gasteiger partial charge in [-0.25, -0.2) is 9.97 Å². The minimum atomic E-state index is 0.517. The summed E-state index contributed by atoms with van der Waals surface area (Å²) in [5, 5.41) is 3.26. The van der Waals surface area contributed by atoms with Crippen molar-refractivity contribution in [2.24, 2.45) is 11.8 Å². The van der Waals surface area contributed by atoms with Crippen LogP contribution >= 0.6 is 0 Å². The van der Waals surface area contributed by atoms with Gasteiger partial charge in [-0.1, -0.05) is 18.2 Å². The van der Waals surface area contributed by atoms with Gasteiger partial charge in [-0.2, -0.15) is 0 Å². The Balaban J connectivity index is 0.000000321. The number of carbonyl (C=O) groups excluding carboxylic acids is 1. The van der Waals surface area contributed by atoms with Crippen LogP contribution in [0, 0.1) is 24.7 Å². The zero-order valence-electron chi connectivity index (χ0n) is 17.9. The fourth-order valence-electron chi connectivity index (χ4n) is 3.18. The predicted octanol–water partition coefficient (Wildman–Crippen LogP) is 3.93. The van der Waals surface area contributed by atoms with E-state index in [2.05, 4.69) is 60.2 Å². The van der Waals surface area contributed by atoms with Crippen molar-refractivity contribution in [3.05, 3.63) is 36.2 Å². The van der Waals surface area contributed by atoms with Gasteiger partial charge in [0.25, 0.3) is 5.88 Å². The summed E-state index contributed by atoms with van der Waals surface area (Å²) in [6.45, 7) is 6.71. The maximum absolute atomic E-state index is 10.6. The van der Waals surface area contributed by atoms with Crippen molar-refractivity contribution in [1.29, 1.82) is 0 Å². The summed E-state index contributed by atoms with van der Waals surface area (Å²) in [4.78, 5) is 20.7. The van der Waals surface area contributed by atoms with Crippen LogP contribution in [0.1, 0.15) is 39.5 Å². The molecule has 2 heterocycles. The highest BCUT2D eigenvalue weighted by Crippen LogP contribution is 2.36. The first-order valence-electron chi connectivity index (χ1n) is 10.1. The van der Waals surface area contributed by atoms with E-state index in [0.29, 0.717) is 17.6 Å². The molecule has 1 aliphatic heterocycles. The van der Waals surface area contributed by atoms with E-state index in [1.807, 2.05) is 4.90 Å². The monoisotopic (exact) mass is 398 g/mol. The number of ether oxygens (including phenoxy) is 1. The van der Waals surface area contributed by atoms with Crippen molar-refractivity contribution in [2.75, 3.05) is 32.1 Å². The van der Waals surface area contributed by atoms with Crippen LogP contribution in [0.5, 0.6) is 5.88 Å². The summed E-state index contributed by atoms with van der Waals surface area (Å²) in [5.74, 6) is 2.67. The zero-order valence-corrected chi connectivity index (χ0v) is 17.9. The fraction of sp³-hybridized carbons (Fsp3) is 0.522. The van der Waals surface area contributed by atoms with Crippen molar-refractivity contribution in [3.63, 3.8) is 0 Å². The van der Waals surface area contributed by atoms with Crippen LogP contribution in [0.25, 0.3) is 0 Å². The second kappa shape index (κ2) is 14.2. The molecule has 1 aliphatic carbocycles. The standard InChI is InChI=1S/C12H18N4O2.C9H14.C2H2/c1-18-12-11(13-4-5-14-12)15-8-10-2-6-16(9-17)7-3-10;1-3-5-8(4-2)9-6-7-9;1-2/h4-5,9-10H,2-3,6-8H2,1H3,(H,13,15);3-5,9H,6-7H2,1-2H3;1-2H/b;5-3-,8-4+;. The van der Waals surface area contributed by atoms with E-state index in [-0.39, 0.29) is 0 Å². The van der Waals surface area contributed by atoms with Gasteiger partial charge < -0.3 is 15.0 Å². The Bertz CT molecular complexity index is 672. The molecule has 0 radical (unpaired) electrons. The summed E-state index contributed by atoms with van der Waals surface area (Å²) >= 11 is 0. The van der Waals surface area contributed by atoms with E-state index in [4.69, 9.17) is 4.74 Å². The van der Waals surface area contributed by atoms with Crippen molar-refractivity contribution >= 4 is 12.2 Å². The third-order valence-electron chi connectivity index (χ3n) is 4.96. The van der Waals surface area contributed by atoms with Gasteiger partial charge in [0.05, 0.1) is 7.11 Å². The van der Waals surface area contributed by atoms with Gasteiger partial charge in [0.15, 0.2) is 5.82 Å². The number of aromatic nitrogens is 2. The van der Waals surface area contributed by atoms with E-state index in [0.717, 1.165) is 44.8 Å². The number of nitrogens with zero attached hydrogens (tertiary/aromatic N) is 3. The Morgan fingerprint density at radius 3 is 2.38 bits per heavy atom. The third-order valence-corrected chi connectivity index (χ3v) is 4.96. The van der Waals surface area contributed by atoms with Gasteiger partial charge in [-0.05, 0) is 56.9 Å². The van der Waals surface area contributed by atoms with Crippen molar-refractivity contribution in [3.8, 4) is 18.7 Å². The lowest BCUT2D eigenvalue weighted by atomic mass is 9.97. The number of amides is 1. The number of rotatable bonds is 7. The lowest BCUT2D eigenvalue weighted by Crippen LogP contribution is -2.34. The normalized spacial score (nSPS) is 16.9. The predicted molar refractivity (Wildman–Crippen MR) is 119 cm³/mol. The van der Waals surface area contributed by atoms with Gasteiger partial charge in [-0.15, -0.1) is 12.8 Å². The summed E-state index contributed by atoms with van der Waals surface area (Å²) < 4.78 is 5.13. The first-order chi connectivity index (χ1) is 14.2. The van der Waals surface area contributed by atoms with Crippen molar-refractivity contribution in [2.45, 2.75) is 39.5 Å². The number of anilines is 1. The summed E-state index contributed by atoms with van der Waals surface area (Å²) in [5.41, 5.74) is 1.53. The van der Waals surface area contributed by atoms with Crippen LogP contribution in [-0.4, -0.2) is 48.0 Å². The molecular weight excluding hydrogens is 364 g/mol. The molecule has 3 rings (SSSR count). The van der Waals surface area contributed by atoms with Crippen LogP contribution in [0.3, 0.4) is 0 Å². The molecule has 0 aromatic carbocycles. The van der Waals surface area contributed by atoms with E-state index < -0.39 is 0 Å². The first kappa shape index (κ1) is 24.2. The molecule has 1 amide bonds. The molecule has 2 fully saturated rings. The molecule has 1 aromatic heterocycles. The maximum Gasteiger partial charge on any atom is 0.257 e. The molecule has 1 saturated carbocycles. The average Bonchev–Trinajstić information content (AvgIpc) is 3.63. The molecule has 29 heavy (non-hydrogen) atoms.